The van der Waals surface area contributed by atoms with Gasteiger partial charge in [0.25, 0.3) is 0 Å². The van der Waals surface area contributed by atoms with Crippen molar-refractivity contribution in [1.82, 2.24) is 10.3 Å². The highest BCUT2D eigenvalue weighted by atomic mass is 35.5. The maximum absolute atomic E-state index is 6.10. The van der Waals surface area contributed by atoms with Crippen LogP contribution in [0.4, 0.5) is 5.69 Å². The molecule has 0 aliphatic heterocycles. The summed E-state index contributed by atoms with van der Waals surface area (Å²) in [5.74, 6) is 1.65. The average molecular weight is 420 g/mol. The molecule has 0 aliphatic rings. The fourth-order valence-electron chi connectivity index (χ4n) is 3.00. The van der Waals surface area contributed by atoms with E-state index >= 15 is 0 Å². The lowest BCUT2D eigenvalue weighted by molar-refractivity contribution is 0.324. The summed E-state index contributed by atoms with van der Waals surface area (Å²) in [4.78, 5) is 3.25. The molecule has 0 saturated heterocycles. The number of anilines is 1. The molecule has 0 bridgehead atoms. The number of aromatic amines is 1. The van der Waals surface area contributed by atoms with E-state index in [9.17, 15) is 0 Å². The summed E-state index contributed by atoms with van der Waals surface area (Å²) >= 11 is 11.5. The smallest absolute Gasteiger partial charge is 0.203 e. The number of hydrogen-bond donors (Lipinski definition) is 3. The predicted molar refractivity (Wildman–Crippen MR) is 117 cm³/mol. The lowest BCUT2D eigenvalue weighted by Crippen LogP contribution is -2.30. The Balaban J connectivity index is 1.62. The second kappa shape index (κ2) is 9.03. The van der Waals surface area contributed by atoms with Crippen molar-refractivity contribution < 1.29 is 14.2 Å². The molecule has 0 atom stereocenters. The lowest BCUT2D eigenvalue weighted by atomic mass is 10.1. The van der Waals surface area contributed by atoms with Gasteiger partial charge in [-0.3, -0.25) is 0 Å². The van der Waals surface area contributed by atoms with Gasteiger partial charge < -0.3 is 29.8 Å². The van der Waals surface area contributed by atoms with Gasteiger partial charge in [-0.15, -0.1) is 0 Å². The molecular formula is C20H22ClN3O3S. The molecule has 6 nitrogen and oxygen atoms in total. The summed E-state index contributed by atoms with van der Waals surface area (Å²) in [6.07, 6.45) is 2.80. The minimum Gasteiger partial charge on any atom is -0.493 e. The minimum absolute atomic E-state index is 0.507. The number of ether oxygens (including phenoxy) is 3. The highest BCUT2D eigenvalue weighted by Crippen LogP contribution is 2.39. The largest absolute Gasteiger partial charge is 0.493 e. The fourth-order valence-corrected chi connectivity index (χ4v) is 3.39. The number of aromatic nitrogens is 1. The molecule has 0 aliphatic carbocycles. The van der Waals surface area contributed by atoms with Crippen LogP contribution in [0.3, 0.4) is 0 Å². The van der Waals surface area contributed by atoms with Crippen LogP contribution in [0.25, 0.3) is 10.9 Å². The molecule has 0 spiro atoms. The first kappa shape index (κ1) is 20.1. The predicted octanol–water partition coefficient (Wildman–Crippen LogP) is 4.38. The molecule has 0 unspecified atom stereocenters. The Bertz CT molecular complexity index is 965. The first-order valence-corrected chi connectivity index (χ1v) is 9.44. The molecule has 0 fully saturated rings. The van der Waals surface area contributed by atoms with Crippen molar-refractivity contribution in [3.8, 4) is 17.2 Å². The van der Waals surface area contributed by atoms with Gasteiger partial charge in [0, 0.05) is 46.5 Å². The third-order valence-corrected chi connectivity index (χ3v) is 4.81. The molecule has 2 aromatic carbocycles. The Morgan fingerprint density at radius 3 is 2.43 bits per heavy atom. The van der Waals surface area contributed by atoms with Crippen LogP contribution in [0.2, 0.25) is 5.02 Å². The van der Waals surface area contributed by atoms with Crippen molar-refractivity contribution in [1.29, 1.82) is 0 Å². The zero-order valence-corrected chi connectivity index (χ0v) is 17.5. The van der Waals surface area contributed by atoms with Crippen LogP contribution in [0.1, 0.15) is 5.56 Å². The lowest BCUT2D eigenvalue weighted by Gasteiger charge is -2.16. The first-order valence-electron chi connectivity index (χ1n) is 8.66. The summed E-state index contributed by atoms with van der Waals surface area (Å²) in [7, 11) is 4.72. The van der Waals surface area contributed by atoms with Crippen LogP contribution in [0.5, 0.6) is 17.2 Å². The molecule has 3 N–H and O–H groups in total. The van der Waals surface area contributed by atoms with Gasteiger partial charge in [0.15, 0.2) is 16.6 Å². The van der Waals surface area contributed by atoms with E-state index in [2.05, 4.69) is 15.6 Å². The maximum Gasteiger partial charge on any atom is 0.203 e. The van der Waals surface area contributed by atoms with Crippen LogP contribution < -0.4 is 24.8 Å². The Kier molecular flexibility index (Phi) is 6.49. The van der Waals surface area contributed by atoms with E-state index in [1.807, 2.05) is 24.4 Å². The van der Waals surface area contributed by atoms with Gasteiger partial charge in [-0.25, -0.2) is 0 Å². The normalized spacial score (nSPS) is 10.6. The van der Waals surface area contributed by atoms with Crippen molar-refractivity contribution in [2.24, 2.45) is 0 Å². The van der Waals surface area contributed by atoms with Crippen LogP contribution in [-0.2, 0) is 6.42 Å². The Morgan fingerprint density at radius 2 is 1.79 bits per heavy atom. The number of methoxy groups -OCH3 is 3. The first-order chi connectivity index (χ1) is 13.5. The number of H-pyrrole nitrogens is 1. The van der Waals surface area contributed by atoms with Gasteiger partial charge in [-0.1, -0.05) is 11.6 Å². The van der Waals surface area contributed by atoms with Crippen LogP contribution in [0.15, 0.2) is 36.5 Å². The van der Waals surface area contributed by atoms with Gasteiger partial charge in [0.2, 0.25) is 5.75 Å². The van der Waals surface area contributed by atoms with Crippen LogP contribution in [0, 0.1) is 0 Å². The second-order valence-electron chi connectivity index (χ2n) is 6.05. The highest BCUT2D eigenvalue weighted by molar-refractivity contribution is 7.80. The molecular weight excluding hydrogens is 398 g/mol. The second-order valence-corrected chi connectivity index (χ2v) is 6.89. The van der Waals surface area contributed by atoms with Crippen molar-refractivity contribution >= 4 is 45.5 Å². The summed E-state index contributed by atoms with van der Waals surface area (Å²) in [6.45, 7) is 0.676. The Hall–Kier alpha value is -2.64. The number of halogens is 1. The number of hydrogen-bond acceptors (Lipinski definition) is 4. The standard InChI is InChI=1S/C20H22ClN3O3S/c1-25-17-9-14(10-18(26-2)19(17)27-3)24-20(28)22-7-6-12-11-23-16-5-4-13(21)8-15(12)16/h4-5,8-11,23H,6-7H2,1-3H3,(H2,22,24,28). The molecule has 0 saturated carbocycles. The SMILES string of the molecule is COc1cc(NC(=S)NCCc2c[nH]c3ccc(Cl)cc23)cc(OC)c1OC. The zero-order chi connectivity index (χ0) is 20.1. The number of rotatable bonds is 7. The number of benzene rings is 2. The topological polar surface area (TPSA) is 67.5 Å². The summed E-state index contributed by atoms with van der Waals surface area (Å²) in [5.41, 5.74) is 2.99. The number of thiocarbonyl (C=S) groups is 1. The molecule has 3 aromatic rings. The minimum atomic E-state index is 0.507. The van der Waals surface area contributed by atoms with E-state index in [4.69, 9.17) is 38.0 Å². The summed E-state index contributed by atoms with van der Waals surface area (Å²) in [5, 5.41) is 8.71. The fraction of sp³-hybridized carbons (Fsp3) is 0.250. The van der Waals surface area contributed by atoms with Gasteiger partial charge in [-0.2, -0.15) is 0 Å². The quantitative estimate of drug-likeness (QED) is 0.494. The van der Waals surface area contributed by atoms with Crippen LogP contribution >= 0.6 is 23.8 Å². The molecule has 0 amide bonds. The van der Waals surface area contributed by atoms with Gasteiger partial charge >= 0.3 is 0 Å². The molecule has 0 radical (unpaired) electrons. The number of fused-ring (bicyclic) bond motifs is 1. The van der Waals surface area contributed by atoms with Gasteiger partial charge in [0.1, 0.15) is 0 Å². The van der Waals surface area contributed by atoms with Crippen molar-refractivity contribution in [2.45, 2.75) is 6.42 Å². The Morgan fingerprint density at radius 1 is 1.07 bits per heavy atom. The summed E-state index contributed by atoms with van der Waals surface area (Å²) < 4.78 is 16.0. The summed E-state index contributed by atoms with van der Waals surface area (Å²) in [6, 6.07) is 9.42. The third-order valence-electron chi connectivity index (χ3n) is 4.33. The molecule has 148 valence electrons. The van der Waals surface area contributed by atoms with E-state index in [0.29, 0.717) is 28.9 Å². The third kappa shape index (κ3) is 4.43. The number of nitrogens with one attached hydrogen (secondary N) is 3. The van der Waals surface area contributed by atoms with E-state index in [-0.39, 0.29) is 0 Å². The van der Waals surface area contributed by atoms with E-state index in [0.717, 1.165) is 28.0 Å². The molecule has 3 rings (SSSR count). The van der Waals surface area contributed by atoms with E-state index in [1.54, 1.807) is 33.5 Å². The molecule has 8 heteroatoms. The zero-order valence-electron chi connectivity index (χ0n) is 15.9. The van der Waals surface area contributed by atoms with Gasteiger partial charge in [0.05, 0.1) is 21.3 Å². The highest BCUT2D eigenvalue weighted by Gasteiger charge is 2.13. The van der Waals surface area contributed by atoms with Crippen LogP contribution in [-0.4, -0.2) is 38.0 Å². The molecule has 28 heavy (non-hydrogen) atoms. The van der Waals surface area contributed by atoms with E-state index < -0.39 is 0 Å². The van der Waals surface area contributed by atoms with Crippen molar-refractivity contribution in [3.63, 3.8) is 0 Å². The molecule has 1 heterocycles. The molecule has 1 aromatic heterocycles. The average Bonchev–Trinajstić information content (AvgIpc) is 3.09. The monoisotopic (exact) mass is 419 g/mol. The Labute approximate surface area is 174 Å². The maximum atomic E-state index is 6.10. The van der Waals surface area contributed by atoms with Crippen molar-refractivity contribution in [2.75, 3.05) is 33.2 Å². The van der Waals surface area contributed by atoms with Gasteiger partial charge in [-0.05, 0) is 42.4 Å². The van der Waals surface area contributed by atoms with Crippen molar-refractivity contribution in [3.05, 3.63) is 47.1 Å². The van der Waals surface area contributed by atoms with E-state index in [1.165, 1.54) is 5.56 Å².